The second-order valence-electron chi connectivity index (χ2n) is 4.69. The Morgan fingerprint density at radius 2 is 2.00 bits per heavy atom. The number of urea groups is 1. The van der Waals surface area contributed by atoms with Gasteiger partial charge < -0.3 is 15.3 Å². The molecule has 1 fully saturated rings. The average Bonchev–Trinajstić information content (AvgIpc) is 2.29. The third kappa shape index (κ3) is 4.84. The van der Waals surface area contributed by atoms with Gasteiger partial charge in [-0.25, -0.2) is 4.79 Å². The maximum absolute atomic E-state index is 11.7. The van der Waals surface area contributed by atoms with Crippen molar-refractivity contribution in [3.63, 3.8) is 0 Å². The van der Waals surface area contributed by atoms with Crippen LogP contribution in [0.25, 0.3) is 0 Å². The zero-order chi connectivity index (χ0) is 11.8. The number of likely N-dealkylation sites (tertiary alicyclic amines) is 1. The van der Waals surface area contributed by atoms with Crippen LogP contribution in [0, 0.1) is 5.92 Å². The van der Waals surface area contributed by atoms with Crippen molar-refractivity contribution in [2.24, 2.45) is 5.92 Å². The third-order valence-electron chi connectivity index (χ3n) is 3.18. The molecule has 94 valence electrons. The molecule has 1 saturated heterocycles. The van der Waals surface area contributed by atoms with Crippen LogP contribution in [0.1, 0.15) is 39.0 Å². The van der Waals surface area contributed by atoms with Gasteiger partial charge in [0.05, 0.1) is 0 Å². The SMILES string of the molecule is CC1CCN(C(=O)NCCCCCO)CC1. The number of hydrogen-bond donors (Lipinski definition) is 2. The highest BCUT2D eigenvalue weighted by molar-refractivity contribution is 5.74. The van der Waals surface area contributed by atoms with Crippen LogP contribution < -0.4 is 5.32 Å². The quantitative estimate of drug-likeness (QED) is 0.702. The molecule has 0 unspecified atom stereocenters. The lowest BCUT2D eigenvalue weighted by molar-refractivity contribution is 0.174. The van der Waals surface area contributed by atoms with E-state index in [0.717, 1.165) is 57.7 Å². The van der Waals surface area contributed by atoms with Gasteiger partial charge in [0.15, 0.2) is 0 Å². The summed E-state index contributed by atoms with van der Waals surface area (Å²) >= 11 is 0. The maximum atomic E-state index is 11.7. The molecule has 1 aliphatic rings. The molecule has 0 bridgehead atoms. The molecular weight excluding hydrogens is 204 g/mol. The van der Waals surface area contributed by atoms with Crippen LogP contribution >= 0.6 is 0 Å². The van der Waals surface area contributed by atoms with Crippen LogP contribution in [-0.2, 0) is 0 Å². The molecule has 2 amide bonds. The van der Waals surface area contributed by atoms with Crippen molar-refractivity contribution in [2.75, 3.05) is 26.2 Å². The predicted octanol–water partition coefficient (Wildman–Crippen LogP) is 1.59. The molecule has 1 rings (SSSR count). The standard InChI is InChI=1S/C12H24N2O2/c1-11-5-8-14(9-6-11)12(16)13-7-3-2-4-10-15/h11,15H,2-10H2,1H3,(H,13,16). The van der Waals surface area contributed by atoms with E-state index in [2.05, 4.69) is 12.2 Å². The van der Waals surface area contributed by atoms with Gasteiger partial charge in [0.2, 0.25) is 0 Å². The highest BCUT2D eigenvalue weighted by Gasteiger charge is 2.19. The summed E-state index contributed by atoms with van der Waals surface area (Å²) in [6.07, 6.45) is 5.01. The molecule has 0 spiro atoms. The van der Waals surface area contributed by atoms with E-state index in [1.807, 2.05) is 4.90 Å². The number of carbonyl (C=O) groups excluding carboxylic acids is 1. The zero-order valence-corrected chi connectivity index (χ0v) is 10.2. The zero-order valence-electron chi connectivity index (χ0n) is 10.2. The summed E-state index contributed by atoms with van der Waals surface area (Å²) in [7, 11) is 0. The monoisotopic (exact) mass is 228 g/mol. The molecule has 16 heavy (non-hydrogen) atoms. The first-order chi connectivity index (χ1) is 7.74. The number of amides is 2. The Hall–Kier alpha value is -0.770. The van der Waals surface area contributed by atoms with Crippen molar-refractivity contribution in [2.45, 2.75) is 39.0 Å². The van der Waals surface area contributed by atoms with Crippen molar-refractivity contribution in [3.05, 3.63) is 0 Å². The summed E-state index contributed by atoms with van der Waals surface area (Å²) < 4.78 is 0. The number of piperidine rings is 1. The third-order valence-corrected chi connectivity index (χ3v) is 3.18. The van der Waals surface area contributed by atoms with E-state index in [1.54, 1.807) is 0 Å². The minimum Gasteiger partial charge on any atom is -0.396 e. The Labute approximate surface area is 98.0 Å². The van der Waals surface area contributed by atoms with E-state index in [1.165, 1.54) is 0 Å². The molecule has 0 atom stereocenters. The Morgan fingerprint density at radius 1 is 1.31 bits per heavy atom. The summed E-state index contributed by atoms with van der Waals surface area (Å²) in [5.74, 6) is 0.758. The van der Waals surface area contributed by atoms with Gasteiger partial charge in [-0.2, -0.15) is 0 Å². The second-order valence-corrected chi connectivity index (χ2v) is 4.69. The van der Waals surface area contributed by atoms with Crippen LogP contribution in [0.15, 0.2) is 0 Å². The number of unbranched alkanes of at least 4 members (excludes halogenated alkanes) is 2. The van der Waals surface area contributed by atoms with Gasteiger partial charge >= 0.3 is 6.03 Å². The van der Waals surface area contributed by atoms with Gasteiger partial charge in [-0.05, 0) is 38.0 Å². The second kappa shape index (κ2) is 7.49. The first kappa shape index (κ1) is 13.3. The fourth-order valence-electron chi connectivity index (χ4n) is 1.93. The van der Waals surface area contributed by atoms with Crippen LogP contribution in [0.5, 0.6) is 0 Å². The molecule has 0 saturated carbocycles. The number of hydrogen-bond acceptors (Lipinski definition) is 2. The largest absolute Gasteiger partial charge is 0.396 e. The Morgan fingerprint density at radius 3 is 2.62 bits per heavy atom. The summed E-state index contributed by atoms with van der Waals surface area (Å²) in [6, 6.07) is 0.0795. The number of nitrogens with one attached hydrogen (secondary N) is 1. The lowest BCUT2D eigenvalue weighted by Crippen LogP contribution is -2.44. The van der Waals surface area contributed by atoms with Crippen LogP contribution in [-0.4, -0.2) is 42.3 Å². The Bertz CT molecular complexity index is 201. The van der Waals surface area contributed by atoms with Crippen molar-refractivity contribution >= 4 is 6.03 Å². The molecule has 2 N–H and O–H groups in total. The molecule has 1 aliphatic heterocycles. The summed E-state index contributed by atoms with van der Waals surface area (Å²) in [6.45, 7) is 5.00. The van der Waals surface area contributed by atoms with Gasteiger partial charge in [-0.15, -0.1) is 0 Å². The highest BCUT2D eigenvalue weighted by atomic mass is 16.2. The van der Waals surface area contributed by atoms with Crippen LogP contribution in [0.2, 0.25) is 0 Å². The topological polar surface area (TPSA) is 52.6 Å². The van der Waals surface area contributed by atoms with E-state index < -0.39 is 0 Å². The minimum atomic E-state index is 0.0795. The highest BCUT2D eigenvalue weighted by Crippen LogP contribution is 2.15. The van der Waals surface area contributed by atoms with E-state index >= 15 is 0 Å². The predicted molar refractivity (Wildman–Crippen MR) is 64.3 cm³/mol. The molecule has 4 nitrogen and oxygen atoms in total. The number of aliphatic hydroxyl groups is 1. The molecule has 0 aromatic heterocycles. The van der Waals surface area contributed by atoms with Gasteiger partial charge in [-0.3, -0.25) is 0 Å². The van der Waals surface area contributed by atoms with Gasteiger partial charge in [0.25, 0.3) is 0 Å². The van der Waals surface area contributed by atoms with Crippen LogP contribution in [0.4, 0.5) is 4.79 Å². The molecule has 4 heteroatoms. The first-order valence-corrected chi connectivity index (χ1v) is 6.37. The van der Waals surface area contributed by atoms with Crippen molar-refractivity contribution < 1.29 is 9.90 Å². The van der Waals surface area contributed by atoms with E-state index in [0.29, 0.717) is 0 Å². The molecule has 1 heterocycles. The molecule has 0 aromatic rings. The summed E-state index contributed by atoms with van der Waals surface area (Å²) in [4.78, 5) is 13.6. The average molecular weight is 228 g/mol. The van der Waals surface area contributed by atoms with Crippen LogP contribution in [0.3, 0.4) is 0 Å². The van der Waals surface area contributed by atoms with Gasteiger partial charge in [0, 0.05) is 26.2 Å². The van der Waals surface area contributed by atoms with E-state index in [4.69, 9.17) is 5.11 Å². The van der Waals surface area contributed by atoms with Gasteiger partial charge in [-0.1, -0.05) is 6.92 Å². The summed E-state index contributed by atoms with van der Waals surface area (Å²) in [5, 5.41) is 11.5. The Kier molecular flexibility index (Phi) is 6.23. The molecule has 0 aromatic carbocycles. The fourth-order valence-corrected chi connectivity index (χ4v) is 1.93. The Balaban J connectivity index is 2.06. The van der Waals surface area contributed by atoms with E-state index in [9.17, 15) is 4.79 Å². The first-order valence-electron chi connectivity index (χ1n) is 6.37. The number of carbonyl (C=O) groups is 1. The lowest BCUT2D eigenvalue weighted by atomic mass is 10.00. The number of aliphatic hydroxyl groups excluding tert-OH is 1. The van der Waals surface area contributed by atoms with Gasteiger partial charge in [0.1, 0.15) is 0 Å². The van der Waals surface area contributed by atoms with Crippen molar-refractivity contribution in [1.29, 1.82) is 0 Å². The molecular formula is C12H24N2O2. The molecule has 0 radical (unpaired) electrons. The van der Waals surface area contributed by atoms with E-state index in [-0.39, 0.29) is 12.6 Å². The maximum Gasteiger partial charge on any atom is 0.317 e. The molecule has 0 aliphatic carbocycles. The summed E-state index contributed by atoms with van der Waals surface area (Å²) in [5.41, 5.74) is 0. The normalized spacial score (nSPS) is 17.5. The minimum absolute atomic E-state index is 0.0795. The number of rotatable bonds is 5. The number of nitrogens with zero attached hydrogens (tertiary/aromatic N) is 1. The lowest BCUT2D eigenvalue weighted by Gasteiger charge is -2.30. The smallest absolute Gasteiger partial charge is 0.317 e. The van der Waals surface area contributed by atoms with Crippen molar-refractivity contribution in [3.8, 4) is 0 Å². The fraction of sp³-hybridized carbons (Fsp3) is 0.917. The van der Waals surface area contributed by atoms with Crippen molar-refractivity contribution in [1.82, 2.24) is 10.2 Å².